The van der Waals surface area contributed by atoms with Crippen LogP contribution in [0, 0.1) is 0 Å². The van der Waals surface area contributed by atoms with Gasteiger partial charge < -0.3 is 19.3 Å². The number of hydrogen-bond acceptors (Lipinski definition) is 4. The molecule has 0 amide bonds. The summed E-state index contributed by atoms with van der Waals surface area (Å²) in [4.78, 5) is 0. The lowest BCUT2D eigenvalue weighted by Crippen LogP contribution is -2.11. The van der Waals surface area contributed by atoms with E-state index in [1.165, 1.54) is 38.5 Å². The standard InChI is InChI=1S/C15H32O4/c1-2-3-4-5-6-7-8-10-17-12-14-19-15-13-18-11-9-16/h16H,2-15H2,1H3. The zero-order chi connectivity index (χ0) is 14.0. The van der Waals surface area contributed by atoms with Gasteiger partial charge in [-0.1, -0.05) is 45.4 Å². The largest absolute Gasteiger partial charge is 0.394 e. The molecule has 4 nitrogen and oxygen atoms in total. The minimum Gasteiger partial charge on any atom is -0.394 e. The molecule has 19 heavy (non-hydrogen) atoms. The van der Waals surface area contributed by atoms with Gasteiger partial charge in [0.15, 0.2) is 0 Å². The predicted octanol–water partition coefficient (Wildman–Crippen LogP) is 2.78. The maximum absolute atomic E-state index is 8.48. The summed E-state index contributed by atoms with van der Waals surface area (Å²) in [5.41, 5.74) is 0. The monoisotopic (exact) mass is 276 g/mol. The molecule has 0 atom stereocenters. The molecular formula is C15H32O4. The molecule has 4 heteroatoms. The second-order valence-electron chi connectivity index (χ2n) is 4.68. The van der Waals surface area contributed by atoms with E-state index < -0.39 is 0 Å². The summed E-state index contributed by atoms with van der Waals surface area (Å²) < 4.78 is 15.9. The fraction of sp³-hybridized carbons (Fsp3) is 1.00. The van der Waals surface area contributed by atoms with Gasteiger partial charge in [-0.2, -0.15) is 0 Å². The van der Waals surface area contributed by atoms with Crippen molar-refractivity contribution in [1.29, 1.82) is 0 Å². The number of hydrogen-bond donors (Lipinski definition) is 1. The van der Waals surface area contributed by atoms with Crippen LogP contribution in [-0.4, -0.2) is 51.4 Å². The summed E-state index contributed by atoms with van der Waals surface area (Å²) in [5.74, 6) is 0. The second kappa shape index (κ2) is 17.8. The van der Waals surface area contributed by atoms with E-state index >= 15 is 0 Å². The Morgan fingerprint density at radius 1 is 0.579 bits per heavy atom. The van der Waals surface area contributed by atoms with Gasteiger partial charge in [0.25, 0.3) is 0 Å². The highest BCUT2D eigenvalue weighted by atomic mass is 16.5. The van der Waals surface area contributed by atoms with Crippen molar-refractivity contribution in [3.05, 3.63) is 0 Å². The first kappa shape index (κ1) is 18.8. The summed E-state index contributed by atoms with van der Waals surface area (Å²) in [6.07, 6.45) is 9.20. The van der Waals surface area contributed by atoms with Gasteiger partial charge in [-0.15, -0.1) is 0 Å². The van der Waals surface area contributed by atoms with Gasteiger partial charge in [0, 0.05) is 6.61 Å². The molecule has 0 aromatic carbocycles. The van der Waals surface area contributed by atoms with Gasteiger partial charge in [0.2, 0.25) is 0 Å². The van der Waals surface area contributed by atoms with Crippen LogP contribution in [0.5, 0.6) is 0 Å². The average molecular weight is 276 g/mol. The van der Waals surface area contributed by atoms with E-state index in [0.717, 1.165) is 13.0 Å². The molecule has 0 radical (unpaired) electrons. The molecule has 0 aliphatic heterocycles. The van der Waals surface area contributed by atoms with Crippen molar-refractivity contribution in [2.75, 3.05) is 46.2 Å². The van der Waals surface area contributed by atoms with Crippen LogP contribution in [0.1, 0.15) is 51.9 Å². The Morgan fingerprint density at radius 2 is 1.05 bits per heavy atom. The van der Waals surface area contributed by atoms with Crippen LogP contribution in [0.4, 0.5) is 0 Å². The minimum atomic E-state index is 0.0710. The van der Waals surface area contributed by atoms with Crippen molar-refractivity contribution in [3.63, 3.8) is 0 Å². The summed E-state index contributed by atoms with van der Waals surface area (Å²) >= 11 is 0. The van der Waals surface area contributed by atoms with Crippen LogP contribution in [-0.2, 0) is 14.2 Å². The van der Waals surface area contributed by atoms with E-state index in [4.69, 9.17) is 19.3 Å². The van der Waals surface area contributed by atoms with E-state index in [2.05, 4.69) is 6.92 Å². The van der Waals surface area contributed by atoms with Crippen LogP contribution in [0.2, 0.25) is 0 Å². The van der Waals surface area contributed by atoms with Crippen LogP contribution < -0.4 is 0 Å². The normalized spacial score (nSPS) is 11.1. The fourth-order valence-electron chi connectivity index (χ4n) is 1.77. The van der Waals surface area contributed by atoms with Crippen molar-refractivity contribution >= 4 is 0 Å². The molecule has 0 unspecified atom stereocenters. The molecule has 0 aliphatic carbocycles. The van der Waals surface area contributed by atoms with Crippen LogP contribution in [0.25, 0.3) is 0 Å². The number of rotatable bonds is 16. The van der Waals surface area contributed by atoms with E-state index in [-0.39, 0.29) is 6.61 Å². The zero-order valence-electron chi connectivity index (χ0n) is 12.6. The SMILES string of the molecule is CCCCCCCCCOCCOCCOCCO. The molecular weight excluding hydrogens is 244 g/mol. The van der Waals surface area contributed by atoms with E-state index in [1.54, 1.807) is 0 Å². The predicted molar refractivity (Wildman–Crippen MR) is 77.5 cm³/mol. The lowest BCUT2D eigenvalue weighted by Gasteiger charge is -2.06. The van der Waals surface area contributed by atoms with Gasteiger partial charge in [-0.05, 0) is 6.42 Å². The molecule has 116 valence electrons. The quantitative estimate of drug-likeness (QED) is 0.440. The third-order valence-electron chi connectivity index (χ3n) is 2.87. The molecule has 0 saturated heterocycles. The van der Waals surface area contributed by atoms with Gasteiger partial charge >= 0.3 is 0 Å². The van der Waals surface area contributed by atoms with Gasteiger partial charge in [0.1, 0.15) is 0 Å². The smallest absolute Gasteiger partial charge is 0.0701 e. The molecule has 0 fully saturated rings. The highest BCUT2D eigenvalue weighted by Gasteiger charge is 1.93. The molecule has 0 heterocycles. The highest BCUT2D eigenvalue weighted by Crippen LogP contribution is 2.06. The number of aliphatic hydroxyl groups excluding tert-OH is 1. The molecule has 0 saturated carbocycles. The highest BCUT2D eigenvalue weighted by molar-refractivity contribution is 4.44. The Hall–Kier alpha value is -0.160. The molecule has 0 aromatic rings. The summed E-state index contributed by atoms with van der Waals surface area (Å²) in [6.45, 7) is 5.94. The first-order chi connectivity index (χ1) is 9.41. The van der Waals surface area contributed by atoms with Gasteiger partial charge in [-0.25, -0.2) is 0 Å². The molecule has 0 rings (SSSR count). The van der Waals surface area contributed by atoms with Gasteiger partial charge in [0.05, 0.1) is 39.6 Å². The molecule has 0 aromatic heterocycles. The average Bonchev–Trinajstić information content (AvgIpc) is 2.43. The maximum Gasteiger partial charge on any atom is 0.0701 e. The van der Waals surface area contributed by atoms with Crippen LogP contribution >= 0.6 is 0 Å². The lowest BCUT2D eigenvalue weighted by atomic mass is 10.1. The first-order valence-electron chi connectivity index (χ1n) is 7.76. The number of ether oxygens (including phenoxy) is 3. The molecule has 1 N–H and O–H groups in total. The Balaban J connectivity index is 2.88. The Bertz CT molecular complexity index is 137. The Morgan fingerprint density at radius 3 is 1.63 bits per heavy atom. The lowest BCUT2D eigenvalue weighted by molar-refractivity contribution is 0.00719. The second-order valence-corrected chi connectivity index (χ2v) is 4.68. The Kier molecular flexibility index (Phi) is 17.7. The summed E-state index contributed by atoms with van der Waals surface area (Å²) in [6, 6.07) is 0. The maximum atomic E-state index is 8.48. The van der Waals surface area contributed by atoms with Crippen LogP contribution in [0.15, 0.2) is 0 Å². The van der Waals surface area contributed by atoms with Gasteiger partial charge in [-0.3, -0.25) is 0 Å². The third kappa shape index (κ3) is 17.8. The Labute approximate surface area is 118 Å². The molecule has 0 aliphatic rings. The van der Waals surface area contributed by atoms with Crippen molar-refractivity contribution in [2.45, 2.75) is 51.9 Å². The van der Waals surface area contributed by atoms with Crippen molar-refractivity contribution in [3.8, 4) is 0 Å². The van der Waals surface area contributed by atoms with E-state index in [0.29, 0.717) is 33.0 Å². The van der Waals surface area contributed by atoms with Crippen LogP contribution in [0.3, 0.4) is 0 Å². The summed E-state index contributed by atoms with van der Waals surface area (Å²) in [7, 11) is 0. The molecule has 0 spiro atoms. The summed E-state index contributed by atoms with van der Waals surface area (Å²) in [5, 5.41) is 8.48. The number of unbranched alkanes of at least 4 members (excludes halogenated alkanes) is 6. The van der Waals surface area contributed by atoms with Crippen molar-refractivity contribution < 1.29 is 19.3 Å². The van der Waals surface area contributed by atoms with E-state index in [9.17, 15) is 0 Å². The third-order valence-corrected chi connectivity index (χ3v) is 2.87. The van der Waals surface area contributed by atoms with Crippen molar-refractivity contribution in [1.82, 2.24) is 0 Å². The van der Waals surface area contributed by atoms with E-state index in [1.807, 2.05) is 0 Å². The first-order valence-corrected chi connectivity index (χ1v) is 7.76. The number of aliphatic hydroxyl groups is 1. The zero-order valence-corrected chi connectivity index (χ0v) is 12.6. The fourth-order valence-corrected chi connectivity index (χ4v) is 1.77. The van der Waals surface area contributed by atoms with Crippen molar-refractivity contribution in [2.24, 2.45) is 0 Å². The topological polar surface area (TPSA) is 47.9 Å². The molecule has 0 bridgehead atoms. The minimum absolute atomic E-state index is 0.0710.